The molecule has 0 saturated heterocycles. The van der Waals surface area contributed by atoms with Gasteiger partial charge in [-0.3, -0.25) is 0 Å². The van der Waals surface area contributed by atoms with Gasteiger partial charge in [0.1, 0.15) is 0 Å². The van der Waals surface area contributed by atoms with Crippen LogP contribution in [0.15, 0.2) is 23.4 Å². The zero-order valence-corrected chi connectivity index (χ0v) is 10.6. The van der Waals surface area contributed by atoms with Gasteiger partial charge in [0.25, 0.3) is 10.0 Å². The molecule has 1 aromatic rings. The van der Waals surface area contributed by atoms with Crippen molar-refractivity contribution in [3.63, 3.8) is 0 Å². The average molecular weight is 243 g/mol. The van der Waals surface area contributed by atoms with Crippen molar-refractivity contribution in [3.8, 4) is 0 Å². The Morgan fingerprint density at radius 3 is 2.50 bits per heavy atom. The molecule has 0 aliphatic heterocycles. The zero-order valence-electron chi connectivity index (χ0n) is 9.77. The first-order chi connectivity index (χ1) is 7.57. The molecule has 16 heavy (non-hydrogen) atoms. The summed E-state index contributed by atoms with van der Waals surface area (Å²) in [6, 6.07) is 3.40. The summed E-state index contributed by atoms with van der Waals surface area (Å²) in [6.07, 6.45) is 1.48. The molecule has 0 fully saturated rings. The van der Waals surface area contributed by atoms with Crippen molar-refractivity contribution in [2.45, 2.75) is 18.9 Å². The van der Waals surface area contributed by atoms with Crippen molar-refractivity contribution in [1.82, 2.24) is 9.29 Å². The molecule has 0 saturated carbocycles. The molecule has 0 spiro atoms. The third-order valence-corrected chi connectivity index (χ3v) is 4.34. The first kappa shape index (κ1) is 12.9. The fraction of sp³-hybridized carbons (Fsp3) is 0.500. The van der Waals surface area contributed by atoms with E-state index in [0.29, 0.717) is 18.8 Å². The Morgan fingerprint density at radius 1 is 1.38 bits per heavy atom. The maximum Gasteiger partial charge on any atom is 0.262 e. The Labute approximate surface area is 96.5 Å². The van der Waals surface area contributed by atoms with Gasteiger partial charge in [-0.25, -0.2) is 13.4 Å². The zero-order chi connectivity index (χ0) is 12.2. The van der Waals surface area contributed by atoms with Crippen LogP contribution in [-0.4, -0.2) is 37.8 Å². The molecule has 0 bridgehead atoms. The second kappa shape index (κ2) is 5.27. The van der Waals surface area contributed by atoms with Gasteiger partial charge in [0.2, 0.25) is 0 Å². The van der Waals surface area contributed by atoms with E-state index in [-0.39, 0.29) is 5.03 Å². The van der Waals surface area contributed by atoms with E-state index in [1.54, 1.807) is 19.2 Å². The molecule has 1 heterocycles. The van der Waals surface area contributed by atoms with Crippen molar-refractivity contribution in [3.05, 3.63) is 18.3 Å². The first-order valence-electron chi connectivity index (χ1n) is 5.20. The third-order valence-electron chi connectivity index (χ3n) is 2.33. The Bertz CT molecular complexity index is 441. The summed E-state index contributed by atoms with van der Waals surface area (Å²) < 4.78 is 25.8. The number of pyridine rings is 1. The van der Waals surface area contributed by atoms with Crippen molar-refractivity contribution in [1.29, 1.82) is 0 Å². The Kier molecular flexibility index (Phi) is 4.26. The van der Waals surface area contributed by atoms with E-state index < -0.39 is 10.0 Å². The number of anilines is 1. The Hall–Kier alpha value is -1.14. The lowest BCUT2D eigenvalue weighted by Crippen LogP contribution is -2.31. The molecular weight excluding hydrogens is 226 g/mol. The number of hydrogen-bond donors (Lipinski definition) is 1. The van der Waals surface area contributed by atoms with E-state index in [9.17, 15) is 8.42 Å². The summed E-state index contributed by atoms with van der Waals surface area (Å²) in [6.45, 7) is 4.50. The van der Waals surface area contributed by atoms with Gasteiger partial charge < -0.3 is 5.32 Å². The third kappa shape index (κ3) is 2.33. The molecule has 0 aliphatic rings. The molecule has 90 valence electrons. The van der Waals surface area contributed by atoms with Crippen LogP contribution in [0.4, 0.5) is 5.69 Å². The van der Waals surface area contributed by atoms with E-state index in [4.69, 9.17) is 0 Å². The molecule has 6 heteroatoms. The summed E-state index contributed by atoms with van der Waals surface area (Å²) in [5.41, 5.74) is 0.523. The number of rotatable bonds is 5. The minimum absolute atomic E-state index is 0.0844. The largest absolute Gasteiger partial charge is 0.386 e. The molecule has 1 aromatic heterocycles. The van der Waals surface area contributed by atoms with E-state index in [1.165, 1.54) is 10.5 Å². The van der Waals surface area contributed by atoms with E-state index >= 15 is 0 Å². The molecule has 5 nitrogen and oxygen atoms in total. The van der Waals surface area contributed by atoms with Gasteiger partial charge in [-0.1, -0.05) is 13.8 Å². The quantitative estimate of drug-likeness (QED) is 0.842. The number of nitrogens with zero attached hydrogens (tertiary/aromatic N) is 2. The van der Waals surface area contributed by atoms with Crippen LogP contribution in [0, 0.1) is 0 Å². The highest BCUT2D eigenvalue weighted by atomic mass is 32.2. The van der Waals surface area contributed by atoms with Gasteiger partial charge in [0.15, 0.2) is 5.03 Å². The standard InChI is InChI=1S/C10H17N3O2S/c1-4-13(5-2)16(14,15)10-9(11-3)7-6-8-12-10/h6-8,11H,4-5H2,1-3H3. The second-order valence-corrected chi connectivity index (χ2v) is 5.05. The summed E-state index contributed by atoms with van der Waals surface area (Å²) in [5, 5.41) is 2.92. The summed E-state index contributed by atoms with van der Waals surface area (Å²) >= 11 is 0. The van der Waals surface area contributed by atoms with E-state index in [0.717, 1.165) is 0 Å². The highest BCUT2D eigenvalue weighted by Gasteiger charge is 2.25. The monoisotopic (exact) mass is 243 g/mol. The molecule has 0 atom stereocenters. The number of nitrogens with one attached hydrogen (secondary N) is 1. The molecule has 0 radical (unpaired) electrons. The van der Waals surface area contributed by atoms with Crippen molar-refractivity contribution in [2.24, 2.45) is 0 Å². The molecular formula is C10H17N3O2S. The molecule has 0 amide bonds. The first-order valence-corrected chi connectivity index (χ1v) is 6.64. The fourth-order valence-electron chi connectivity index (χ4n) is 1.47. The Balaban J connectivity index is 3.26. The van der Waals surface area contributed by atoms with Gasteiger partial charge in [-0.2, -0.15) is 4.31 Å². The molecule has 0 aromatic carbocycles. The van der Waals surface area contributed by atoms with Crippen LogP contribution >= 0.6 is 0 Å². The Morgan fingerprint density at radius 2 is 2.00 bits per heavy atom. The average Bonchev–Trinajstić information content (AvgIpc) is 2.30. The van der Waals surface area contributed by atoms with Crippen molar-refractivity contribution in [2.75, 3.05) is 25.5 Å². The summed E-state index contributed by atoms with van der Waals surface area (Å²) in [4.78, 5) is 3.95. The smallest absolute Gasteiger partial charge is 0.262 e. The predicted molar refractivity (Wildman–Crippen MR) is 63.9 cm³/mol. The summed E-state index contributed by atoms with van der Waals surface area (Å²) in [5.74, 6) is 0. The highest BCUT2D eigenvalue weighted by Crippen LogP contribution is 2.20. The van der Waals surface area contributed by atoms with Crippen LogP contribution in [0.25, 0.3) is 0 Å². The highest BCUT2D eigenvalue weighted by molar-refractivity contribution is 7.89. The van der Waals surface area contributed by atoms with Crippen molar-refractivity contribution >= 4 is 15.7 Å². The van der Waals surface area contributed by atoms with Gasteiger partial charge in [0, 0.05) is 26.3 Å². The van der Waals surface area contributed by atoms with Gasteiger partial charge in [-0.05, 0) is 12.1 Å². The molecule has 0 aliphatic carbocycles. The number of aromatic nitrogens is 1. The fourth-order valence-corrected chi connectivity index (χ4v) is 3.04. The predicted octanol–water partition coefficient (Wildman–Crippen LogP) is 1.15. The molecule has 1 rings (SSSR count). The lowest BCUT2D eigenvalue weighted by atomic mass is 10.4. The molecule has 0 unspecified atom stereocenters. The van der Waals surface area contributed by atoms with Crippen LogP contribution in [0.3, 0.4) is 0 Å². The SMILES string of the molecule is CCN(CC)S(=O)(=O)c1ncccc1NC. The normalized spacial score (nSPS) is 11.8. The lowest BCUT2D eigenvalue weighted by Gasteiger charge is -2.19. The van der Waals surface area contributed by atoms with Gasteiger partial charge in [-0.15, -0.1) is 0 Å². The lowest BCUT2D eigenvalue weighted by molar-refractivity contribution is 0.443. The topological polar surface area (TPSA) is 62.3 Å². The minimum Gasteiger partial charge on any atom is -0.386 e. The van der Waals surface area contributed by atoms with E-state index in [1.807, 2.05) is 13.8 Å². The van der Waals surface area contributed by atoms with Gasteiger partial charge >= 0.3 is 0 Å². The van der Waals surface area contributed by atoms with Gasteiger partial charge in [0.05, 0.1) is 5.69 Å². The van der Waals surface area contributed by atoms with Crippen LogP contribution in [-0.2, 0) is 10.0 Å². The van der Waals surface area contributed by atoms with Crippen LogP contribution < -0.4 is 5.32 Å². The number of hydrogen-bond acceptors (Lipinski definition) is 4. The van der Waals surface area contributed by atoms with Crippen LogP contribution in [0.5, 0.6) is 0 Å². The minimum atomic E-state index is -3.48. The van der Waals surface area contributed by atoms with Crippen LogP contribution in [0.2, 0.25) is 0 Å². The van der Waals surface area contributed by atoms with E-state index in [2.05, 4.69) is 10.3 Å². The van der Waals surface area contributed by atoms with Crippen molar-refractivity contribution < 1.29 is 8.42 Å². The second-order valence-electron chi connectivity index (χ2n) is 3.20. The van der Waals surface area contributed by atoms with Crippen LogP contribution in [0.1, 0.15) is 13.8 Å². The summed E-state index contributed by atoms with van der Waals surface area (Å²) in [7, 11) is -1.81. The molecule has 1 N–H and O–H groups in total. The maximum absolute atomic E-state index is 12.2. The number of sulfonamides is 1. The maximum atomic E-state index is 12.2.